The Morgan fingerprint density at radius 2 is 2.07 bits per heavy atom. The Morgan fingerprint density at radius 3 is 2.78 bits per heavy atom. The molecule has 3 aromatic rings. The highest BCUT2D eigenvalue weighted by Gasteiger charge is 2.18. The molecular formula is C19H19ClN2O4S. The van der Waals surface area contributed by atoms with Crippen molar-refractivity contribution in [3.63, 3.8) is 0 Å². The van der Waals surface area contributed by atoms with Crippen molar-refractivity contribution in [2.75, 3.05) is 6.61 Å². The van der Waals surface area contributed by atoms with Crippen molar-refractivity contribution in [2.24, 2.45) is 0 Å². The molecule has 2 heterocycles. The van der Waals surface area contributed by atoms with Crippen molar-refractivity contribution in [2.45, 2.75) is 33.8 Å². The zero-order chi connectivity index (χ0) is 19.7. The predicted molar refractivity (Wildman–Crippen MR) is 106 cm³/mol. The van der Waals surface area contributed by atoms with Crippen LogP contribution in [0, 0.1) is 20.8 Å². The molecule has 8 heteroatoms. The zero-order valence-electron chi connectivity index (χ0n) is 15.4. The molecule has 1 aromatic carbocycles. The van der Waals surface area contributed by atoms with E-state index in [1.165, 1.54) is 11.3 Å². The number of carbonyl (C=O) groups is 1. The van der Waals surface area contributed by atoms with Crippen LogP contribution in [0.3, 0.4) is 0 Å². The number of halogens is 1. The third-order valence-electron chi connectivity index (χ3n) is 4.23. The van der Waals surface area contributed by atoms with Gasteiger partial charge in [0.25, 0.3) is 5.56 Å². The highest BCUT2D eigenvalue weighted by atomic mass is 35.5. The summed E-state index contributed by atoms with van der Waals surface area (Å²) in [7, 11) is 0. The molecule has 1 atom stereocenters. The van der Waals surface area contributed by atoms with Crippen LogP contribution >= 0.6 is 22.9 Å². The molecule has 0 fully saturated rings. The summed E-state index contributed by atoms with van der Waals surface area (Å²) in [6, 6.07) is 5.13. The number of esters is 1. The van der Waals surface area contributed by atoms with E-state index in [2.05, 4.69) is 9.97 Å². The number of hydrogen-bond donors (Lipinski definition) is 1. The fourth-order valence-corrected chi connectivity index (χ4v) is 3.93. The molecule has 142 valence electrons. The van der Waals surface area contributed by atoms with Crippen LogP contribution in [0.15, 0.2) is 23.0 Å². The molecule has 3 rings (SSSR count). The lowest BCUT2D eigenvalue weighted by molar-refractivity contribution is -0.151. The van der Waals surface area contributed by atoms with Gasteiger partial charge in [-0.25, -0.2) is 9.78 Å². The summed E-state index contributed by atoms with van der Waals surface area (Å²) in [6.45, 7) is 7.08. The maximum absolute atomic E-state index is 12.3. The number of aromatic nitrogens is 2. The lowest BCUT2D eigenvalue weighted by atomic mass is 10.2. The minimum atomic E-state index is -0.702. The number of hydrogen-bond acceptors (Lipinski definition) is 6. The number of nitrogens with zero attached hydrogens (tertiary/aromatic N) is 1. The summed E-state index contributed by atoms with van der Waals surface area (Å²) >= 11 is 7.35. The molecule has 0 aliphatic heterocycles. The summed E-state index contributed by atoms with van der Waals surface area (Å²) in [5.41, 5.74) is 1.52. The molecule has 0 aliphatic rings. The van der Waals surface area contributed by atoms with Crippen LogP contribution < -0.4 is 10.3 Å². The Bertz CT molecular complexity index is 1070. The van der Waals surface area contributed by atoms with Crippen LogP contribution in [-0.2, 0) is 9.53 Å². The lowest BCUT2D eigenvalue weighted by Gasteiger charge is -2.14. The van der Waals surface area contributed by atoms with Gasteiger partial charge in [0.2, 0.25) is 0 Å². The van der Waals surface area contributed by atoms with Crippen LogP contribution in [0.4, 0.5) is 0 Å². The monoisotopic (exact) mass is 406 g/mol. The van der Waals surface area contributed by atoms with Crippen LogP contribution in [0.2, 0.25) is 5.02 Å². The highest BCUT2D eigenvalue weighted by molar-refractivity contribution is 7.18. The number of ether oxygens (including phenoxy) is 2. The van der Waals surface area contributed by atoms with Crippen LogP contribution in [0.25, 0.3) is 10.2 Å². The second-order valence-corrected chi connectivity index (χ2v) is 7.88. The van der Waals surface area contributed by atoms with Crippen molar-refractivity contribution in [1.82, 2.24) is 9.97 Å². The average molecular weight is 407 g/mol. The summed E-state index contributed by atoms with van der Waals surface area (Å²) < 4.78 is 10.8. The Labute approximate surface area is 165 Å². The fourth-order valence-electron chi connectivity index (χ4n) is 2.66. The molecule has 6 nitrogen and oxygen atoms in total. The van der Waals surface area contributed by atoms with E-state index in [0.29, 0.717) is 26.8 Å². The van der Waals surface area contributed by atoms with E-state index in [-0.39, 0.29) is 12.2 Å². The molecule has 0 spiro atoms. The number of fused-ring (bicyclic) bond motifs is 1. The first-order valence-corrected chi connectivity index (χ1v) is 9.54. The smallest absolute Gasteiger partial charge is 0.344 e. The largest absolute Gasteiger partial charge is 0.482 e. The fraction of sp³-hybridized carbons (Fsp3) is 0.316. The summed E-state index contributed by atoms with van der Waals surface area (Å²) in [5.74, 6) is 0.310. The van der Waals surface area contributed by atoms with E-state index in [1.807, 2.05) is 20.8 Å². The summed E-state index contributed by atoms with van der Waals surface area (Å²) in [4.78, 5) is 33.3. The van der Waals surface area contributed by atoms with E-state index >= 15 is 0 Å². The number of aromatic amines is 1. The van der Waals surface area contributed by atoms with Gasteiger partial charge in [0.15, 0.2) is 18.5 Å². The first-order valence-electron chi connectivity index (χ1n) is 8.34. The Kier molecular flexibility index (Phi) is 5.53. The molecule has 0 amide bonds. The second-order valence-electron chi connectivity index (χ2n) is 6.25. The van der Waals surface area contributed by atoms with Gasteiger partial charge in [0.1, 0.15) is 10.6 Å². The summed E-state index contributed by atoms with van der Waals surface area (Å²) in [5, 5.41) is 1.18. The normalized spacial score (nSPS) is 12.2. The maximum Gasteiger partial charge on any atom is 0.344 e. The number of nitrogens with one attached hydrogen (secondary N) is 1. The van der Waals surface area contributed by atoms with Gasteiger partial charge in [-0.15, -0.1) is 11.3 Å². The number of carbonyl (C=O) groups excluding carboxylic acids is 1. The molecule has 1 N–H and O–H groups in total. The minimum Gasteiger partial charge on any atom is -0.482 e. The molecule has 27 heavy (non-hydrogen) atoms. The lowest BCUT2D eigenvalue weighted by Crippen LogP contribution is -2.20. The first kappa shape index (κ1) is 19.4. The van der Waals surface area contributed by atoms with Gasteiger partial charge in [-0.1, -0.05) is 11.6 Å². The van der Waals surface area contributed by atoms with Crippen LogP contribution in [0.5, 0.6) is 5.75 Å². The molecule has 0 aliphatic carbocycles. The molecule has 0 saturated carbocycles. The standard InChI is InChI=1S/C19H19ClN2O4S/c1-9-7-13(20)5-6-14(9)25-8-15(23)26-11(3)17-21-18(24)16-10(2)12(4)27-19(16)22-17/h5-7,11H,8H2,1-4H3,(H,21,22,24)/t11-/m0/s1. The molecule has 0 bridgehead atoms. The third-order valence-corrected chi connectivity index (χ3v) is 5.57. The molecule has 2 aromatic heterocycles. The number of thiophene rings is 1. The minimum absolute atomic E-state index is 0.229. The number of aryl methyl sites for hydroxylation is 3. The van der Waals surface area contributed by atoms with E-state index in [9.17, 15) is 9.59 Å². The topological polar surface area (TPSA) is 81.3 Å². The van der Waals surface area contributed by atoms with Gasteiger partial charge in [0, 0.05) is 9.90 Å². The van der Waals surface area contributed by atoms with Crippen LogP contribution in [-0.4, -0.2) is 22.5 Å². The number of benzene rings is 1. The Hall–Kier alpha value is -2.38. The predicted octanol–water partition coefficient (Wildman–Crippen LogP) is 4.25. The molecule has 0 radical (unpaired) electrons. The first-order chi connectivity index (χ1) is 12.8. The van der Waals surface area contributed by atoms with E-state index in [1.54, 1.807) is 25.1 Å². The molecular weight excluding hydrogens is 388 g/mol. The highest BCUT2D eigenvalue weighted by Crippen LogP contribution is 2.27. The molecule has 0 saturated heterocycles. The van der Waals surface area contributed by atoms with Crippen LogP contribution in [0.1, 0.15) is 34.9 Å². The average Bonchev–Trinajstić information content (AvgIpc) is 2.88. The van der Waals surface area contributed by atoms with Gasteiger partial charge in [-0.3, -0.25) is 4.79 Å². The third kappa shape index (κ3) is 4.14. The van der Waals surface area contributed by atoms with Crippen molar-refractivity contribution in [1.29, 1.82) is 0 Å². The van der Waals surface area contributed by atoms with Gasteiger partial charge in [0.05, 0.1) is 5.39 Å². The number of H-pyrrole nitrogens is 1. The Balaban J connectivity index is 1.69. The van der Waals surface area contributed by atoms with Gasteiger partial charge in [-0.05, 0) is 57.0 Å². The van der Waals surface area contributed by atoms with Gasteiger partial charge < -0.3 is 14.5 Å². The van der Waals surface area contributed by atoms with Crippen molar-refractivity contribution in [3.05, 3.63) is 55.4 Å². The Morgan fingerprint density at radius 1 is 1.33 bits per heavy atom. The van der Waals surface area contributed by atoms with Crippen molar-refractivity contribution in [3.8, 4) is 5.75 Å². The van der Waals surface area contributed by atoms with E-state index in [0.717, 1.165) is 16.0 Å². The number of rotatable bonds is 5. The quantitative estimate of drug-likeness (QED) is 0.640. The molecule has 0 unspecified atom stereocenters. The van der Waals surface area contributed by atoms with E-state index < -0.39 is 12.1 Å². The summed E-state index contributed by atoms with van der Waals surface area (Å²) in [6.07, 6.45) is -0.702. The SMILES string of the molecule is Cc1cc(Cl)ccc1OCC(=O)O[C@@H](C)c1nc2sc(C)c(C)c2c(=O)[nH]1. The van der Waals surface area contributed by atoms with Gasteiger partial charge >= 0.3 is 5.97 Å². The van der Waals surface area contributed by atoms with Crippen molar-refractivity contribution < 1.29 is 14.3 Å². The van der Waals surface area contributed by atoms with Crippen molar-refractivity contribution >= 4 is 39.1 Å². The van der Waals surface area contributed by atoms with E-state index in [4.69, 9.17) is 21.1 Å². The zero-order valence-corrected chi connectivity index (χ0v) is 17.0. The second kappa shape index (κ2) is 7.70. The van der Waals surface area contributed by atoms with Gasteiger partial charge in [-0.2, -0.15) is 0 Å². The maximum atomic E-state index is 12.3.